The van der Waals surface area contributed by atoms with Crippen LogP contribution in [-0.4, -0.2) is 48.7 Å². The van der Waals surface area contributed by atoms with Crippen molar-refractivity contribution in [1.29, 1.82) is 0 Å². The second kappa shape index (κ2) is 9.05. The van der Waals surface area contributed by atoms with Gasteiger partial charge in [0.15, 0.2) is 0 Å². The van der Waals surface area contributed by atoms with Crippen LogP contribution in [-0.2, 0) is 10.2 Å². The number of carbonyl (C=O) groups excluding carboxylic acids is 1. The molecule has 178 valence electrons. The molecule has 2 aromatic heterocycles. The van der Waals surface area contributed by atoms with Gasteiger partial charge in [-0.05, 0) is 55.0 Å². The fourth-order valence-corrected chi connectivity index (χ4v) is 5.55. The van der Waals surface area contributed by atoms with Crippen molar-refractivity contribution in [1.82, 2.24) is 14.3 Å². The molecule has 2 aromatic carbocycles. The van der Waals surface area contributed by atoms with Crippen molar-refractivity contribution in [3.63, 3.8) is 0 Å². The van der Waals surface area contributed by atoms with E-state index in [1.54, 1.807) is 30.6 Å². The molecule has 0 atom stereocenters. The van der Waals surface area contributed by atoms with E-state index in [4.69, 9.17) is 0 Å². The Kier molecular flexibility index (Phi) is 5.91. The molecular weight excluding hydrogens is 469 g/mol. The third kappa shape index (κ3) is 4.33. The maximum absolute atomic E-state index is 14.9. The second-order valence-electron chi connectivity index (χ2n) is 8.18. The van der Waals surface area contributed by atoms with Crippen LogP contribution >= 0.6 is 0 Å². The molecule has 35 heavy (non-hydrogen) atoms. The van der Waals surface area contributed by atoms with Gasteiger partial charge in [-0.25, -0.2) is 4.39 Å². The first kappa shape index (κ1) is 22.9. The lowest BCUT2D eigenvalue weighted by atomic mass is 10.1. The monoisotopic (exact) mass is 491 g/mol. The predicted octanol–water partition coefficient (Wildman–Crippen LogP) is 4.07. The van der Waals surface area contributed by atoms with Crippen LogP contribution in [0.5, 0.6) is 0 Å². The lowest BCUT2D eigenvalue weighted by Gasteiger charge is -2.33. The Morgan fingerprint density at radius 1 is 1.00 bits per heavy atom. The summed E-state index contributed by atoms with van der Waals surface area (Å²) in [5.74, 6) is -1.45. The summed E-state index contributed by atoms with van der Waals surface area (Å²) in [6.07, 6.45) is 4.01. The van der Waals surface area contributed by atoms with Crippen LogP contribution in [0.1, 0.15) is 16.8 Å². The number of benzene rings is 2. The maximum Gasteiger partial charge on any atom is 0.303 e. The predicted molar refractivity (Wildman–Crippen MR) is 133 cm³/mol. The highest BCUT2D eigenvalue weighted by Gasteiger charge is 2.31. The third-order valence-corrected chi connectivity index (χ3v) is 7.84. The van der Waals surface area contributed by atoms with Crippen LogP contribution in [0.25, 0.3) is 22.2 Å². The molecule has 4 aromatic rings. The number of halogens is 1. The Balaban J connectivity index is 1.40. The number of nitrogens with zero attached hydrogens (tertiary/aromatic N) is 4. The number of nitrogens with one attached hydrogen (secondary N) is 1. The van der Waals surface area contributed by atoms with Crippen molar-refractivity contribution in [2.75, 3.05) is 29.8 Å². The summed E-state index contributed by atoms with van der Waals surface area (Å²) in [7, 11) is -2.23. The average molecular weight is 492 g/mol. The Morgan fingerprint density at radius 3 is 2.69 bits per heavy atom. The van der Waals surface area contributed by atoms with Crippen LogP contribution in [0.15, 0.2) is 73.1 Å². The lowest BCUT2D eigenvalue weighted by Crippen LogP contribution is -2.48. The van der Waals surface area contributed by atoms with Crippen molar-refractivity contribution >= 4 is 38.4 Å². The zero-order valence-corrected chi connectivity index (χ0v) is 19.7. The third-order valence-electron chi connectivity index (χ3n) is 5.92. The lowest BCUT2D eigenvalue weighted by molar-refractivity contribution is 0.102. The fourth-order valence-electron chi connectivity index (χ4n) is 4.12. The summed E-state index contributed by atoms with van der Waals surface area (Å²) in [4.78, 5) is 21.7. The van der Waals surface area contributed by atoms with Crippen molar-refractivity contribution in [3.05, 3.63) is 84.4 Å². The number of aromatic nitrogens is 2. The summed E-state index contributed by atoms with van der Waals surface area (Å²) in [5.41, 5.74) is 2.76. The molecular formula is C25H22FN5O3S. The minimum Gasteiger partial charge on any atom is -0.322 e. The van der Waals surface area contributed by atoms with E-state index in [0.717, 1.165) is 32.5 Å². The highest BCUT2D eigenvalue weighted by Crippen LogP contribution is 2.29. The number of rotatable bonds is 4. The smallest absolute Gasteiger partial charge is 0.303 e. The van der Waals surface area contributed by atoms with Gasteiger partial charge in [0, 0.05) is 49.2 Å². The summed E-state index contributed by atoms with van der Waals surface area (Å²) < 4.78 is 42.4. The largest absolute Gasteiger partial charge is 0.322 e. The molecule has 0 aliphatic carbocycles. The molecule has 0 bridgehead atoms. The molecule has 5 rings (SSSR count). The average Bonchev–Trinajstić information content (AvgIpc) is 2.85. The molecule has 1 saturated heterocycles. The van der Waals surface area contributed by atoms with Crippen LogP contribution < -0.4 is 9.62 Å². The highest BCUT2D eigenvalue weighted by atomic mass is 32.2. The van der Waals surface area contributed by atoms with Crippen molar-refractivity contribution < 1.29 is 17.6 Å². The molecule has 1 aliphatic heterocycles. The molecule has 0 saturated carbocycles. The number of carbonyl (C=O) groups is 1. The first-order chi connectivity index (χ1) is 16.8. The molecule has 1 fully saturated rings. The van der Waals surface area contributed by atoms with Gasteiger partial charge in [0.1, 0.15) is 5.82 Å². The molecule has 0 spiro atoms. The fraction of sp³-hybridized carbons (Fsp3) is 0.160. The molecule has 10 heteroatoms. The summed E-state index contributed by atoms with van der Waals surface area (Å²) in [6, 6.07) is 16.5. The number of hydrogen-bond donors (Lipinski definition) is 1. The van der Waals surface area contributed by atoms with Crippen molar-refractivity contribution in [3.8, 4) is 11.3 Å². The summed E-state index contributed by atoms with van der Waals surface area (Å²) in [6.45, 7) is 0.661. The molecule has 1 N–H and O–H groups in total. The van der Waals surface area contributed by atoms with E-state index in [2.05, 4.69) is 15.3 Å². The van der Waals surface area contributed by atoms with Gasteiger partial charge in [-0.3, -0.25) is 19.1 Å². The van der Waals surface area contributed by atoms with E-state index in [1.807, 2.05) is 24.3 Å². The second-order valence-corrected chi connectivity index (χ2v) is 10.1. The molecule has 1 aliphatic rings. The van der Waals surface area contributed by atoms with E-state index in [1.165, 1.54) is 23.5 Å². The SMILES string of the molecule is CN1CCCN(c2ccc(C(=O)Nc3cccc(-c4nccc5ncccc45)c3)c(F)c2)S1(=O)=O. The van der Waals surface area contributed by atoms with Crippen LogP contribution in [0.2, 0.25) is 0 Å². The van der Waals surface area contributed by atoms with Gasteiger partial charge in [0.2, 0.25) is 0 Å². The first-order valence-electron chi connectivity index (χ1n) is 11.0. The van der Waals surface area contributed by atoms with E-state index in [-0.39, 0.29) is 17.8 Å². The molecule has 0 unspecified atom stereocenters. The van der Waals surface area contributed by atoms with Gasteiger partial charge in [-0.15, -0.1) is 0 Å². The van der Waals surface area contributed by atoms with E-state index >= 15 is 0 Å². The molecule has 8 nitrogen and oxygen atoms in total. The normalized spacial score (nSPS) is 15.8. The summed E-state index contributed by atoms with van der Waals surface area (Å²) >= 11 is 0. The Bertz CT molecular complexity index is 1540. The molecule has 3 heterocycles. The zero-order valence-electron chi connectivity index (χ0n) is 18.8. The number of amides is 1. The van der Waals surface area contributed by atoms with E-state index in [0.29, 0.717) is 18.7 Å². The van der Waals surface area contributed by atoms with Crippen molar-refractivity contribution in [2.45, 2.75) is 6.42 Å². The Hall–Kier alpha value is -3.89. The summed E-state index contributed by atoms with van der Waals surface area (Å²) in [5, 5.41) is 3.59. The van der Waals surface area contributed by atoms with Crippen molar-refractivity contribution in [2.24, 2.45) is 0 Å². The van der Waals surface area contributed by atoms with Crippen LogP contribution in [0.4, 0.5) is 15.8 Å². The number of anilines is 2. The standard InChI is InChI=1S/C25H22FN5O3S/c1-30-13-4-14-31(35(30,33)34)19-8-9-20(22(26)16-19)25(32)29-18-6-2-5-17(15-18)24-21-7-3-11-27-23(21)10-12-28-24/h2-3,5-12,15-16H,4,13-14H2,1H3,(H,29,32). The number of pyridine rings is 2. The first-order valence-corrected chi connectivity index (χ1v) is 12.4. The van der Waals surface area contributed by atoms with Gasteiger partial charge in [-0.1, -0.05) is 12.1 Å². The molecule has 1 amide bonds. The van der Waals surface area contributed by atoms with E-state index < -0.39 is 21.9 Å². The Labute approximate surface area is 202 Å². The highest BCUT2D eigenvalue weighted by molar-refractivity contribution is 7.90. The minimum absolute atomic E-state index is 0.184. The van der Waals surface area contributed by atoms with Gasteiger partial charge in [0.25, 0.3) is 5.91 Å². The van der Waals surface area contributed by atoms with Gasteiger partial charge < -0.3 is 5.32 Å². The zero-order chi connectivity index (χ0) is 24.6. The number of hydrogen-bond acceptors (Lipinski definition) is 5. The van der Waals surface area contributed by atoms with Gasteiger partial charge in [0.05, 0.1) is 22.5 Å². The molecule has 0 radical (unpaired) electrons. The van der Waals surface area contributed by atoms with Gasteiger partial charge >= 0.3 is 10.2 Å². The Morgan fingerprint density at radius 2 is 1.86 bits per heavy atom. The quantitative estimate of drug-likeness (QED) is 0.464. The van der Waals surface area contributed by atoms with E-state index in [9.17, 15) is 17.6 Å². The number of fused-ring (bicyclic) bond motifs is 1. The van der Waals surface area contributed by atoms with Crippen LogP contribution in [0, 0.1) is 5.82 Å². The van der Waals surface area contributed by atoms with Crippen LogP contribution in [0.3, 0.4) is 0 Å². The maximum atomic E-state index is 14.9. The van der Waals surface area contributed by atoms with Gasteiger partial charge in [-0.2, -0.15) is 12.7 Å². The topological polar surface area (TPSA) is 95.5 Å². The minimum atomic E-state index is -3.71.